The lowest BCUT2D eigenvalue weighted by molar-refractivity contribution is -0.385. The van der Waals surface area contributed by atoms with E-state index in [4.69, 9.17) is 10.2 Å². The van der Waals surface area contributed by atoms with Crippen LogP contribution in [0.2, 0.25) is 0 Å². The van der Waals surface area contributed by atoms with Crippen molar-refractivity contribution in [3.8, 4) is 11.5 Å². The van der Waals surface area contributed by atoms with E-state index in [0.29, 0.717) is 6.29 Å². The highest BCUT2D eigenvalue weighted by molar-refractivity contribution is 5.62. The molecule has 0 atom stereocenters. The van der Waals surface area contributed by atoms with Crippen molar-refractivity contribution < 1.29 is 19.9 Å². The van der Waals surface area contributed by atoms with Gasteiger partial charge in [-0.05, 0) is 6.07 Å². The zero-order valence-corrected chi connectivity index (χ0v) is 7.01. The van der Waals surface area contributed by atoms with Crippen molar-refractivity contribution in [2.75, 3.05) is 0 Å². The second kappa shape index (κ2) is 3.73. The molecule has 0 spiro atoms. The van der Waals surface area contributed by atoms with Crippen LogP contribution in [0.3, 0.4) is 0 Å². The minimum absolute atomic E-state index is 0.0697. The van der Waals surface area contributed by atoms with E-state index in [0.717, 1.165) is 12.1 Å². The summed E-state index contributed by atoms with van der Waals surface area (Å²) in [6, 6.07) is 1.82. The smallest absolute Gasteiger partial charge is 0.276 e. The fraction of sp³-hybridized carbons (Fsp3) is 0.125. The third-order valence-electron chi connectivity index (χ3n) is 1.68. The molecule has 6 heteroatoms. The Morgan fingerprint density at radius 1 is 1.36 bits per heavy atom. The summed E-state index contributed by atoms with van der Waals surface area (Å²) in [5, 5.41) is 28.5. The Bertz CT molecular complexity index is 388. The van der Waals surface area contributed by atoms with Crippen molar-refractivity contribution in [2.24, 2.45) is 0 Å². The standard InChI is InChI=1S/C8H7NO5/c10-2-1-5-3-7(11)8(12)4-6(5)9(13)14/h2-4,11-12H,1H2. The van der Waals surface area contributed by atoms with Gasteiger partial charge in [0.15, 0.2) is 11.5 Å². The summed E-state index contributed by atoms with van der Waals surface area (Å²) in [7, 11) is 0. The molecule has 6 nitrogen and oxygen atoms in total. The first-order valence-corrected chi connectivity index (χ1v) is 3.69. The highest BCUT2D eigenvalue weighted by Crippen LogP contribution is 2.32. The minimum atomic E-state index is -0.724. The van der Waals surface area contributed by atoms with Crippen LogP contribution in [0.15, 0.2) is 12.1 Å². The molecule has 0 unspecified atom stereocenters. The number of carbonyl (C=O) groups is 1. The molecule has 0 fully saturated rings. The summed E-state index contributed by atoms with van der Waals surface area (Å²) in [6.07, 6.45) is 0.309. The summed E-state index contributed by atoms with van der Waals surface area (Å²) < 4.78 is 0. The van der Waals surface area contributed by atoms with E-state index in [1.54, 1.807) is 0 Å². The maximum Gasteiger partial charge on any atom is 0.276 e. The molecule has 0 aliphatic rings. The van der Waals surface area contributed by atoms with Gasteiger partial charge in [-0.3, -0.25) is 10.1 Å². The van der Waals surface area contributed by atoms with Gasteiger partial charge < -0.3 is 15.0 Å². The van der Waals surface area contributed by atoms with Gasteiger partial charge in [0.25, 0.3) is 5.69 Å². The normalized spacial score (nSPS) is 9.71. The molecule has 1 rings (SSSR count). The molecule has 1 aromatic carbocycles. The molecule has 0 aliphatic carbocycles. The molecule has 0 heterocycles. The van der Waals surface area contributed by atoms with E-state index in [9.17, 15) is 14.9 Å². The van der Waals surface area contributed by atoms with E-state index in [2.05, 4.69) is 0 Å². The van der Waals surface area contributed by atoms with Crippen molar-refractivity contribution in [2.45, 2.75) is 6.42 Å². The summed E-state index contributed by atoms with van der Waals surface area (Å²) in [5.74, 6) is -1.06. The predicted molar refractivity (Wildman–Crippen MR) is 46.2 cm³/mol. The average molecular weight is 197 g/mol. The van der Waals surface area contributed by atoms with Gasteiger partial charge in [0.05, 0.1) is 11.0 Å². The van der Waals surface area contributed by atoms with Crippen LogP contribution in [0.4, 0.5) is 5.69 Å². The zero-order valence-electron chi connectivity index (χ0n) is 7.01. The van der Waals surface area contributed by atoms with Crippen molar-refractivity contribution in [3.63, 3.8) is 0 Å². The van der Waals surface area contributed by atoms with Crippen LogP contribution in [-0.2, 0) is 11.2 Å². The van der Waals surface area contributed by atoms with E-state index in [1.165, 1.54) is 0 Å². The summed E-state index contributed by atoms with van der Waals surface area (Å²) in [6.45, 7) is 0. The molecular formula is C8H7NO5. The van der Waals surface area contributed by atoms with E-state index in [1.807, 2.05) is 0 Å². The number of benzene rings is 1. The summed E-state index contributed by atoms with van der Waals surface area (Å²) in [4.78, 5) is 19.9. The second-order valence-corrected chi connectivity index (χ2v) is 2.60. The van der Waals surface area contributed by atoms with Gasteiger partial charge in [-0.1, -0.05) is 0 Å². The van der Waals surface area contributed by atoms with Gasteiger partial charge >= 0.3 is 0 Å². The molecule has 14 heavy (non-hydrogen) atoms. The number of phenols is 2. The largest absolute Gasteiger partial charge is 0.504 e. The molecule has 0 radical (unpaired) electrons. The number of aromatic hydroxyl groups is 2. The number of hydrogen-bond acceptors (Lipinski definition) is 5. The van der Waals surface area contributed by atoms with Crippen LogP contribution in [0.25, 0.3) is 0 Å². The number of rotatable bonds is 3. The quantitative estimate of drug-likeness (QED) is 0.322. The number of hydrogen-bond donors (Lipinski definition) is 2. The fourth-order valence-corrected chi connectivity index (χ4v) is 1.03. The monoisotopic (exact) mass is 197 g/mol. The molecule has 2 N–H and O–H groups in total. The first-order chi connectivity index (χ1) is 6.56. The Balaban J connectivity index is 3.30. The Kier molecular flexibility index (Phi) is 2.66. The SMILES string of the molecule is O=CCc1cc(O)c(O)cc1[N+](=O)[O-]. The molecule has 1 aromatic rings. The van der Waals surface area contributed by atoms with Gasteiger partial charge in [0.2, 0.25) is 0 Å². The van der Waals surface area contributed by atoms with Crippen molar-refractivity contribution in [1.29, 1.82) is 0 Å². The molecule has 0 saturated carbocycles. The lowest BCUT2D eigenvalue weighted by atomic mass is 10.1. The lowest BCUT2D eigenvalue weighted by Gasteiger charge is -2.01. The minimum Gasteiger partial charge on any atom is -0.504 e. The van der Waals surface area contributed by atoms with Crippen LogP contribution in [0.5, 0.6) is 11.5 Å². The van der Waals surface area contributed by atoms with E-state index < -0.39 is 16.4 Å². The number of nitro benzene ring substituents is 1. The predicted octanol–water partition coefficient (Wildman–Crippen LogP) is 0.747. The molecule has 0 bridgehead atoms. The van der Waals surface area contributed by atoms with Gasteiger partial charge in [-0.15, -0.1) is 0 Å². The highest BCUT2D eigenvalue weighted by atomic mass is 16.6. The zero-order chi connectivity index (χ0) is 10.7. The molecule has 74 valence electrons. The van der Waals surface area contributed by atoms with Crippen LogP contribution in [0, 0.1) is 10.1 Å². The molecular weight excluding hydrogens is 190 g/mol. The molecule has 0 amide bonds. The molecule has 0 aliphatic heterocycles. The van der Waals surface area contributed by atoms with E-state index >= 15 is 0 Å². The highest BCUT2D eigenvalue weighted by Gasteiger charge is 2.16. The average Bonchev–Trinajstić information content (AvgIpc) is 2.11. The lowest BCUT2D eigenvalue weighted by Crippen LogP contribution is -1.96. The number of nitro groups is 1. The third-order valence-corrected chi connectivity index (χ3v) is 1.68. The Morgan fingerprint density at radius 3 is 2.43 bits per heavy atom. The van der Waals surface area contributed by atoms with E-state index in [-0.39, 0.29) is 17.7 Å². The van der Waals surface area contributed by atoms with Gasteiger partial charge in [0, 0.05) is 12.0 Å². The first-order valence-electron chi connectivity index (χ1n) is 3.69. The van der Waals surface area contributed by atoms with Crippen LogP contribution >= 0.6 is 0 Å². The van der Waals surface area contributed by atoms with Gasteiger partial charge in [-0.2, -0.15) is 0 Å². The number of aldehydes is 1. The van der Waals surface area contributed by atoms with Gasteiger partial charge in [-0.25, -0.2) is 0 Å². The number of phenolic OH excluding ortho intramolecular Hbond substituents is 2. The Hall–Kier alpha value is -2.11. The van der Waals surface area contributed by atoms with Crippen molar-refractivity contribution in [1.82, 2.24) is 0 Å². The summed E-state index contributed by atoms with van der Waals surface area (Å²) in [5.41, 5.74) is -0.312. The summed E-state index contributed by atoms with van der Waals surface area (Å²) >= 11 is 0. The topological polar surface area (TPSA) is 101 Å². The third kappa shape index (κ3) is 1.79. The maximum absolute atomic E-state index is 10.5. The van der Waals surface area contributed by atoms with Gasteiger partial charge in [0.1, 0.15) is 6.29 Å². The second-order valence-electron chi connectivity index (χ2n) is 2.60. The van der Waals surface area contributed by atoms with Crippen molar-refractivity contribution in [3.05, 3.63) is 27.8 Å². The first kappa shape index (κ1) is 9.97. The van der Waals surface area contributed by atoms with Crippen LogP contribution in [-0.4, -0.2) is 21.4 Å². The number of nitrogens with zero attached hydrogens (tertiary/aromatic N) is 1. The Morgan fingerprint density at radius 2 is 1.93 bits per heavy atom. The molecule has 0 saturated heterocycles. The fourth-order valence-electron chi connectivity index (χ4n) is 1.03. The number of carbonyl (C=O) groups excluding carboxylic acids is 1. The Labute approximate surface area is 78.6 Å². The van der Waals surface area contributed by atoms with Crippen LogP contribution in [0.1, 0.15) is 5.56 Å². The maximum atomic E-state index is 10.5. The van der Waals surface area contributed by atoms with Crippen molar-refractivity contribution >= 4 is 12.0 Å². The molecule has 0 aromatic heterocycles. The van der Waals surface area contributed by atoms with Crippen LogP contribution < -0.4 is 0 Å².